The normalized spacial score (nSPS) is 18.9. The molecule has 146 valence electrons. The summed E-state index contributed by atoms with van der Waals surface area (Å²) in [5.74, 6) is -0.384. The second-order valence-corrected chi connectivity index (χ2v) is 7.84. The topological polar surface area (TPSA) is 70.5 Å². The maximum atomic E-state index is 13.1. The molecule has 2 aromatic heterocycles. The van der Waals surface area contributed by atoms with Crippen molar-refractivity contribution in [2.24, 2.45) is 0 Å². The number of rotatable bonds is 4. The van der Waals surface area contributed by atoms with Gasteiger partial charge in [-0.3, -0.25) is 9.20 Å². The van der Waals surface area contributed by atoms with Gasteiger partial charge in [-0.1, -0.05) is 24.3 Å². The molecule has 1 aliphatic heterocycles. The fourth-order valence-electron chi connectivity index (χ4n) is 3.46. The average Bonchev–Trinajstić information content (AvgIpc) is 3.45. The summed E-state index contributed by atoms with van der Waals surface area (Å²) in [6.07, 6.45) is 4.55. The van der Waals surface area contributed by atoms with Gasteiger partial charge in [-0.05, 0) is 36.2 Å². The number of benzene rings is 2. The van der Waals surface area contributed by atoms with Gasteiger partial charge >= 0.3 is 0 Å². The molecular formula is C21H18FN5OS. The highest BCUT2D eigenvalue weighted by Gasteiger charge is 2.30. The zero-order chi connectivity index (χ0) is 19.8. The van der Waals surface area contributed by atoms with Crippen LogP contribution in [0.25, 0.3) is 16.2 Å². The molecule has 29 heavy (non-hydrogen) atoms. The number of imidazole rings is 1. The maximum Gasteiger partial charge on any atom is 0.242 e. The summed E-state index contributed by atoms with van der Waals surface area (Å²) < 4.78 is 15.1. The minimum Gasteiger partial charge on any atom is -0.325 e. The van der Waals surface area contributed by atoms with E-state index in [-0.39, 0.29) is 23.8 Å². The van der Waals surface area contributed by atoms with Crippen LogP contribution in [-0.4, -0.2) is 21.3 Å². The van der Waals surface area contributed by atoms with Crippen LogP contribution in [0.3, 0.4) is 0 Å². The molecule has 0 radical (unpaired) electrons. The largest absolute Gasteiger partial charge is 0.325 e. The van der Waals surface area contributed by atoms with E-state index in [4.69, 9.17) is 0 Å². The lowest BCUT2D eigenvalue weighted by Crippen LogP contribution is -2.39. The number of anilines is 1. The van der Waals surface area contributed by atoms with Gasteiger partial charge in [-0.15, -0.1) is 11.3 Å². The maximum absolute atomic E-state index is 13.1. The minimum atomic E-state index is -0.371. The monoisotopic (exact) mass is 407 g/mol. The van der Waals surface area contributed by atoms with Gasteiger partial charge in [-0.25, -0.2) is 20.2 Å². The Balaban J connectivity index is 1.23. The Morgan fingerprint density at radius 2 is 1.93 bits per heavy atom. The number of nitrogens with zero attached hydrogens (tertiary/aromatic N) is 2. The standard InChI is InChI=1S/C21H18FN5OS/c22-15-5-1-13(2-6-15)17-11-18(26-25-17)20(28)23-16-7-3-14(4-8-16)19-12-27-9-10-29-21(27)24-19/h1-10,12,17-18,25-26H,11H2,(H,23,28). The van der Waals surface area contributed by atoms with Gasteiger partial charge in [-0.2, -0.15) is 0 Å². The van der Waals surface area contributed by atoms with Crippen LogP contribution in [0.4, 0.5) is 10.1 Å². The average molecular weight is 407 g/mol. The van der Waals surface area contributed by atoms with E-state index in [9.17, 15) is 9.18 Å². The van der Waals surface area contributed by atoms with Crippen LogP contribution in [0, 0.1) is 5.82 Å². The van der Waals surface area contributed by atoms with E-state index in [1.165, 1.54) is 12.1 Å². The minimum absolute atomic E-state index is 0.0384. The SMILES string of the molecule is O=C(Nc1ccc(-c2cn3ccsc3n2)cc1)C1CC(c2ccc(F)cc2)NN1. The summed E-state index contributed by atoms with van der Waals surface area (Å²) in [5.41, 5.74) is 9.70. The van der Waals surface area contributed by atoms with Gasteiger partial charge in [0.1, 0.15) is 11.9 Å². The second kappa shape index (κ2) is 7.40. The zero-order valence-corrected chi connectivity index (χ0v) is 16.1. The predicted octanol–water partition coefficient (Wildman–Crippen LogP) is 3.75. The Morgan fingerprint density at radius 3 is 2.69 bits per heavy atom. The molecule has 0 aliphatic carbocycles. The van der Waals surface area contributed by atoms with Crippen molar-refractivity contribution in [1.29, 1.82) is 0 Å². The van der Waals surface area contributed by atoms with E-state index < -0.39 is 0 Å². The summed E-state index contributed by atoms with van der Waals surface area (Å²) in [4.78, 5) is 18.1. The van der Waals surface area contributed by atoms with Crippen LogP contribution in [0.15, 0.2) is 66.3 Å². The third kappa shape index (κ3) is 3.65. The van der Waals surface area contributed by atoms with Crippen molar-refractivity contribution in [1.82, 2.24) is 20.2 Å². The Labute approximate surface area is 170 Å². The molecule has 1 amide bonds. The van der Waals surface area contributed by atoms with Crippen LogP contribution < -0.4 is 16.2 Å². The van der Waals surface area contributed by atoms with E-state index in [2.05, 4.69) is 21.2 Å². The molecule has 2 atom stereocenters. The van der Waals surface area contributed by atoms with E-state index >= 15 is 0 Å². The number of hydrazine groups is 1. The molecule has 5 rings (SSSR count). The molecule has 2 unspecified atom stereocenters. The Kier molecular flexibility index (Phi) is 4.59. The van der Waals surface area contributed by atoms with Gasteiger partial charge < -0.3 is 5.32 Å². The van der Waals surface area contributed by atoms with Crippen LogP contribution >= 0.6 is 11.3 Å². The molecule has 2 aromatic carbocycles. The molecule has 0 bridgehead atoms. The summed E-state index contributed by atoms with van der Waals surface area (Å²) in [7, 11) is 0. The van der Waals surface area contributed by atoms with Crippen LogP contribution in [0.5, 0.6) is 0 Å². The lowest BCUT2D eigenvalue weighted by Gasteiger charge is -2.11. The lowest BCUT2D eigenvalue weighted by atomic mass is 10.0. The van der Waals surface area contributed by atoms with Gasteiger partial charge in [0, 0.05) is 35.1 Å². The first kappa shape index (κ1) is 18.0. The molecule has 0 spiro atoms. The second-order valence-electron chi connectivity index (χ2n) is 6.97. The number of thiazole rings is 1. The number of aromatic nitrogens is 2. The number of amides is 1. The molecule has 6 nitrogen and oxygen atoms in total. The molecular weight excluding hydrogens is 389 g/mol. The van der Waals surface area contributed by atoms with E-state index in [0.29, 0.717) is 6.42 Å². The third-order valence-corrected chi connectivity index (χ3v) is 5.80. The number of nitrogens with one attached hydrogen (secondary N) is 3. The van der Waals surface area contributed by atoms with Gasteiger partial charge in [0.15, 0.2) is 4.96 Å². The zero-order valence-electron chi connectivity index (χ0n) is 15.3. The highest BCUT2D eigenvalue weighted by atomic mass is 32.1. The highest BCUT2D eigenvalue weighted by Crippen LogP contribution is 2.25. The smallest absolute Gasteiger partial charge is 0.242 e. The number of fused-ring (bicyclic) bond motifs is 1. The molecule has 0 saturated carbocycles. The van der Waals surface area contributed by atoms with Crippen molar-refractivity contribution < 1.29 is 9.18 Å². The first-order valence-corrected chi connectivity index (χ1v) is 10.1. The summed E-state index contributed by atoms with van der Waals surface area (Å²) in [6.45, 7) is 0. The molecule has 4 aromatic rings. The van der Waals surface area contributed by atoms with Crippen molar-refractivity contribution in [2.45, 2.75) is 18.5 Å². The summed E-state index contributed by atoms with van der Waals surface area (Å²) in [6, 6.07) is 13.6. The number of hydrogen-bond acceptors (Lipinski definition) is 5. The van der Waals surface area contributed by atoms with Crippen molar-refractivity contribution in [3.8, 4) is 11.3 Å². The van der Waals surface area contributed by atoms with Crippen LogP contribution in [-0.2, 0) is 4.79 Å². The van der Waals surface area contributed by atoms with Gasteiger partial charge in [0.05, 0.1) is 5.69 Å². The van der Waals surface area contributed by atoms with Crippen LogP contribution in [0.1, 0.15) is 18.0 Å². The predicted molar refractivity (Wildman–Crippen MR) is 111 cm³/mol. The quantitative estimate of drug-likeness (QED) is 0.482. The van der Waals surface area contributed by atoms with Crippen LogP contribution in [0.2, 0.25) is 0 Å². The third-order valence-electron chi connectivity index (χ3n) is 5.03. The Hall–Kier alpha value is -3.07. The fourth-order valence-corrected chi connectivity index (χ4v) is 4.16. The van der Waals surface area contributed by atoms with Gasteiger partial charge in [0.25, 0.3) is 0 Å². The lowest BCUT2D eigenvalue weighted by molar-refractivity contribution is -0.117. The first-order chi connectivity index (χ1) is 14.2. The fraction of sp³-hybridized carbons (Fsp3) is 0.143. The molecule has 1 saturated heterocycles. The molecule has 8 heteroatoms. The molecule has 3 N–H and O–H groups in total. The van der Waals surface area contributed by atoms with Crippen molar-refractivity contribution in [3.63, 3.8) is 0 Å². The van der Waals surface area contributed by atoms with Crippen molar-refractivity contribution in [3.05, 3.63) is 77.7 Å². The number of halogens is 1. The summed E-state index contributed by atoms with van der Waals surface area (Å²) in [5, 5.41) is 4.94. The van der Waals surface area contributed by atoms with E-state index in [1.54, 1.807) is 23.5 Å². The number of hydrogen-bond donors (Lipinski definition) is 3. The molecule has 1 fully saturated rings. The number of carbonyl (C=O) groups excluding carboxylic acids is 1. The molecule has 3 heterocycles. The first-order valence-electron chi connectivity index (χ1n) is 9.26. The van der Waals surface area contributed by atoms with Crippen molar-refractivity contribution >= 4 is 27.9 Å². The Bertz CT molecular complexity index is 1120. The summed E-state index contributed by atoms with van der Waals surface area (Å²) >= 11 is 1.59. The Morgan fingerprint density at radius 1 is 1.14 bits per heavy atom. The number of carbonyl (C=O) groups is 1. The van der Waals surface area contributed by atoms with Gasteiger partial charge in [0.2, 0.25) is 5.91 Å². The van der Waals surface area contributed by atoms with E-state index in [1.807, 2.05) is 46.4 Å². The van der Waals surface area contributed by atoms with Crippen molar-refractivity contribution in [2.75, 3.05) is 5.32 Å². The van der Waals surface area contributed by atoms with E-state index in [0.717, 1.165) is 27.5 Å². The molecule has 1 aliphatic rings. The highest BCUT2D eigenvalue weighted by molar-refractivity contribution is 7.15.